The van der Waals surface area contributed by atoms with Crippen LogP contribution in [0.1, 0.15) is 6.92 Å². The van der Waals surface area contributed by atoms with Gasteiger partial charge in [-0.25, -0.2) is 0 Å². The Bertz CT molecular complexity index is 593. The third-order valence-electron chi connectivity index (χ3n) is 2.57. The number of carbonyl (C=O) groups is 1. The number of ketones is 1. The highest BCUT2D eigenvalue weighted by Gasteiger charge is 2.27. The standard InChI is InChI=1S/C15H14O3P/c1-12(16)11-18-19(17)15-10-6-5-9-14(15)13-7-3-2-4-8-13/h2-10H,11H2,1H3/q+1. The smallest absolute Gasteiger partial charge is 0.297 e. The first kappa shape index (κ1) is 13.6. The second-order valence-electron chi connectivity index (χ2n) is 4.12. The molecular formula is C15H14O3P+. The third kappa shape index (κ3) is 3.57. The lowest BCUT2D eigenvalue weighted by molar-refractivity contribution is -0.118. The van der Waals surface area contributed by atoms with Crippen molar-refractivity contribution in [2.24, 2.45) is 0 Å². The maximum atomic E-state index is 12.1. The SMILES string of the molecule is CC(=O)CO[P+](=O)c1ccccc1-c1ccccc1. The van der Waals surface area contributed by atoms with Crippen molar-refractivity contribution in [2.45, 2.75) is 6.92 Å². The zero-order valence-corrected chi connectivity index (χ0v) is 11.5. The van der Waals surface area contributed by atoms with Crippen LogP contribution in [0.2, 0.25) is 0 Å². The number of benzene rings is 2. The van der Waals surface area contributed by atoms with E-state index in [-0.39, 0.29) is 12.4 Å². The predicted molar refractivity (Wildman–Crippen MR) is 75.8 cm³/mol. The van der Waals surface area contributed by atoms with E-state index in [0.29, 0.717) is 5.30 Å². The van der Waals surface area contributed by atoms with Gasteiger partial charge in [-0.1, -0.05) is 42.5 Å². The topological polar surface area (TPSA) is 43.4 Å². The van der Waals surface area contributed by atoms with Gasteiger partial charge >= 0.3 is 8.03 Å². The summed E-state index contributed by atoms with van der Waals surface area (Å²) in [5, 5.41) is 0.616. The highest BCUT2D eigenvalue weighted by atomic mass is 31.1. The lowest BCUT2D eigenvalue weighted by atomic mass is 10.1. The predicted octanol–water partition coefficient (Wildman–Crippen LogP) is 3.33. The summed E-state index contributed by atoms with van der Waals surface area (Å²) in [6.45, 7) is 1.28. The molecule has 0 fully saturated rings. The fourth-order valence-corrected chi connectivity index (χ4v) is 2.76. The van der Waals surface area contributed by atoms with Crippen LogP contribution in [0.15, 0.2) is 54.6 Å². The molecule has 2 aromatic carbocycles. The van der Waals surface area contributed by atoms with Gasteiger partial charge in [0.25, 0.3) is 0 Å². The van der Waals surface area contributed by atoms with Gasteiger partial charge in [0.2, 0.25) is 5.30 Å². The molecule has 0 aliphatic rings. The molecule has 2 aromatic rings. The maximum absolute atomic E-state index is 12.1. The van der Waals surface area contributed by atoms with Crippen LogP contribution in [0, 0.1) is 0 Å². The average Bonchev–Trinajstić information content (AvgIpc) is 2.45. The molecule has 0 N–H and O–H groups in total. The summed E-state index contributed by atoms with van der Waals surface area (Å²) >= 11 is 0. The molecule has 19 heavy (non-hydrogen) atoms. The number of hydrogen-bond donors (Lipinski definition) is 0. The highest BCUT2D eigenvalue weighted by molar-refractivity contribution is 7.48. The Balaban J connectivity index is 2.31. The first-order chi connectivity index (χ1) is 9.18. The Hall–Kier alpha value is -1.83. The van der Waals surface area contributed by atoms with Gasteiger partial charge in [0.15, 0.2) is 12.4 Å². The van der Waals surface area contributed by atoms with Gasteiger partial charge in [-0.2, -0.15) is 0 Å². The maximum Gasteiger partial charge on any atom is 0.549 e. The van der Waals surface area contributed by atoms with Gasteiger partial charge in [0.1, 0.15) is 0 Å². The Kier molecular flexibility index (Phi) is 4.56. The summed E-state index contributed by atoms with van der Waals surface area (Å²) in [4.78, 5) is 10.9. The first-order valence-corrected chi connectivity index (χ1v) is 7.10. The Morgan fingerprint density at radius 1 is 1.05 bits per heavy atom. The van der Waals surface area contributed by atoms with Crippen molar-refractivity contribution in [1.82, 2.24) is 0 Å². The van der Waals surface area contributed by atoms with Crippen molar-refractivity contribution in [3.8, 4) is 11.1 Å². The zero-order chi connectivity index (χ0) is 13.7. The summed E-state index contributed by atoms with van der Waals surface area (Å²) in [5.74, 6) is -0.138. The fourth-order valence-electron chi connectivity index (χ4n) is 1.71. The average molecular weight is 273 g/mol. The molecule has 0 amide bonds. The van der Waals surface area contributed by atoms with E-state index in [9.17, 15) is 9.36 Å². The van der Waals surface area contributed by atoms with Crippen molar-refractivity contribution in [3.05, 3.63) is 54.6 Å². The van der Waals surface area contributed by atoms with Crippen molar-refractivity contribution in [2.75, 3.05) is 6.61 Å². The lowest BCUT2D eigenvalue weighted by Crippen LogP contribution is -2.06. The number of Topliss-reactive ketones (excluding diaryl/α,β-unsaturated/α-hetero) is 1. The quantitative estimate of drug-likeness (QED) is 0.785. The van der Waals surface area contributed by atoms with E-state index in [0.717, 1.165) is 11.1 Å². The van der Waals surface area contributed by atoms with Gasteiger partial charge in [0, 0.05) is 5.56 Å². The molecule has 0 saturated heterocycles. The van der Waals surface area contributed by atoms with Crippen molar-refractivity contribution >= 4 is 19.1 Å². The number of rotatable bonds is 5. The molecule has 1 atom stereocenters. The number of carbonyl (C=O) groups excluding carboxylic acids is 1. The van der Waals surface area contributed by atoms with Crippen LogP contribution in [0.25, 0.3) is 11.1 Å². The Morgan fingerprint density at radius 2 is 1.68 bits per heavy atom. The van der Waals surface area contributed by atoms with Crippen LogP contribution in [-0.4, -0.2) is 12.4 Å². The molecule has 0 radical (unpaired) electrons. The second-order valence-corrected chi connectivity index (χ2v) is 5.37. The molecule has 0 aliphatic heterocycles. The van der Waals surface area contributed by atoms with Gasteiger partial charge in [-0.05, 0) is 29.2 Å². The number of hydrogen-bond acceptors (Lipinski definition) is 3. The minimum Gasteiger partial charge on any atom is -0.297 e. The van der Waals surface area contributed by atoms with Crippen LogP contribution in [0.4, 0.5) is 0 Å². The van der Waals surface area contributed by atoms with Crippen LogP contribution >= 0.6 is 8.03 Å². The molecule has 3 nitrogen and oxygen atoms in total. The second kappa shape index (κ2) is 6.37. The Labute approximate surface area is 113 Å². The minimum absolute atomic E-state index is 0.127. The van der Waals surface area contributed by atoms with Gasteiger partial charge in [0.05, 0.1) is 0 Å². The van der Waals surface area contributed by atoms with E-state index in [1.807, 2.05) is 48.5 Å². The first-order valence-electron chi connectivity index (χ1n) is 5.92. The molecule has 0 heterocycles. The molecule has 4 heteroatoms. The van der Waals surface area contributed by atoms with E-state index in [1.165, 1.54) is 6.92 Å². The van der Waals surface area contributed by atoms with Crippen molar-refractivity contribution < 1.29 is 13.9 Å². The van der Waals surface area contributed by atoms with E-state index in [1.54, 1.807) is 6.07 Å². The molecule has 1 unspecified atom stereocenters. The van der Waals surface area contributed by atoms with Crippen LogP contribution in [0.5, 0.6) is 0 Å². The van der Waals surface area contributed by atoms with E-state index in [2.05, 4.69) is 0 Å². The molecule has 96 valence electrons. The molecule has 0 aliphatic carbocycles. The molecule has 0 aromatic heterocycles. The molecule has 0 bridgehead atoms. The van der Waals surface area contributed by atoms with Gasteiger partial charge in [-0.15, -0.1) is 4.52 Å². The summed E-state index contributed by atoms with van der Waals surface area (Å²) in [6.07, 6.45) is 0. The molecular weight excluding hydrogens is 259 g/mol. The molecule has 0 spiro atoms. The van der Waals surface area contributed by atoms with E-state index < -0.39 is 8.03 Å². The zero-order valence-electron chi connectivity index (χ0n) is 10.6. The van der Waals surface area contributed by atoms with Crippen molar-refractivity contribution in [3.63, 3.8) is 0 Å². The Morgan fingerprint density at radius 3 is 2.37 bits per heavy atom. The van der Waals surface area contributed by atoms with Crippen molar-refractivity contribution in [1.29, 1.82) is 0 Å². The summed E-state index contributed by atoms with van der Waals surface area (Å²) < 4.78 is 17.2. The largest absolute Gasteiger partial charge is 0.549 e. The summed E-state index contributed by atoms with van der Waals surface area (Å²) in [5.41, 5.74) is 1.85. The summed E-state index contributed by atoms with van der Waals surface area (Å²) in [7, 11) is -2.02. The monoisotopic (exact) mass is 273 g/mol. The van der Waals surface area contributed by atoms with E-state index >= 15 is 0 Å². The normalized spacial score (nSPS) is 11.1. The summed E-state index contributed by atoms with van der Waals surface area (Å²) in [6, 6.07) is 17.0. The fraction of sp³-hybridized carbons (Fsp3) is 0.133. The van der Waals surface area contributed by atoms with Gasteiger partial charge in [-0.3, -0.25) is 4.79 Å². The lowest BCUT2D eigenvalue weighted by Gasteiger charge is -2.01. The highest BCUT2D eigenvalue weighted by Crippen LogP contribution is 2.28. The van der Waals surface area contributed by atoms with Crippen LogP contribution in [-0.2, 0) is 13.9 Å². The molecule has 2 rings (SSSR count). The van der Waals surface area contributed by atoms with Gasteiger partial charge < -0.3 is 0 Å². The van der Waals surface area contributed by atoms with Crippen LogP contribution in [0.3, 0.4) is 0 Å². The van der Waals surface area contributed by atoms with E-state index in [4.69, 9.17) is 4.52 Å². The minimum atomic E-state index is -2.02. The van der Waals surface area contributed by atoms with Crippen LogP contribution < -0.4 is 5.30 Å². The molecule has 0 saturated carbocycles. The third-order valence-corrected chi connectivity index (χ3v) is 3.72.